The number of amides is 1. The van der Waals surface area contributed by atoms with Gasteiger partial charge in [0.25, 0.3) is 5.91 Å². The summed E-state index contributed by atoms with van der Waals surface area (Å²) in [6.45, 7) is 1.60. The highest BCUT2D eigenvalue weighted by molar-refractivity contribution is 5.93. The molecule has 144 valence electrons. The molecule has 5 heteroatoms. The molecule has 1 fully saturated rings. The summed E-state index contributed by atoms with van der Waals surface area (Å²) < 4.78 is 0. The van der Waals surface area contributed by atoms with Crippen LogP contribution in [0.25, 0.3) is 11.3 Å². The molecule has 1 amide bonds. The van der Waals surface area contributed by atoms with Crippen molar-refractivity contribution in [1.29, 1.82) is 0 Å². The number of carbonyl (C=O) groups is 1. The normalized spacial score (nSPS) is 16.9. The number of likely N-dealkylation sites (tertiary alicyclic amines) is 1. The van der Waals surface area contributed by atoms with Crippen molar-refractivity contribution in [1.82, 2.24) is 15.1 Å². The third kappa shape index (κ3) is 4.25. The number of aromatic hydroxyl groups is 1. The zero-order valence-corrected chi connectivity index (χ0v) is 15.8. The van der Waals surface area contributed by atoms with Gasteiger partial charge >= 0.3 is 0 Å². The number of carbonyl (C=O) groups excluding carboxylic acids is 1. The first-order valence-corrected chi connectivity index (χ1v) is 9.87. The molecule has 28 heavy (non-hydrogen) atoms. The van der Waals surface area contributed by atoms with E-state index in [1.165, 1.54) is 12.0 Å². The van der Waals surface area contributed by atoms with E-state index in [0.29, 0.717) is 17.3 Å². The van der Waals surface area contributed by atoms with Crippen LogP contribution in [-0.4, -0.2) is 39.2 Å². The summed E-state index contributed by atoms with van der Waals surface area (Å²) in [7, 11) is 0. The lowest BCUT2D eigenvalue weighted by Gasteiger charge is -2.32. The van der Waals surface area contributed by atoms with Gasteiger partial charge in [-0.1, -0.05) is 30.3 Å². The van der Waals surface area contributed by atoms with Crippen LogP contribution in [0.5, 0.6) is 5.75 Å². The molecule has 1 aliphatic heterocycles. The van der Waals surface area contributed by atoms with Crippen LogP contribution >= 0.6 is 0 Å². The number of H-pyrrole nitrogens is 1. The van der Waals surface area contributed by atoms with Crippen molar-refractivity contribution in [3.63, 3.8) is 0 Å². The fraction of sp³-hybridized carbons (Fsp3) is 0.304. The largest absolute Gasteiger partial charge is 0.508 e. The van der Waals surface area contributed by atoms with E-state index >= 15 is 0 Å². The predicted octanol–water partition coefficient (Wildman–Crippen LogP) is 4.27. The van der Waals surface area contributed by atoms with Crippen LogP contribution in [0.15, 0.2) is 60.7 Å². The fourth-order valence-electron chi connectivity index (χ4n) is 3.88. The topological polar surface area (TPSA) is 69.2 Å². The van der Waals surface area contributed by atoms with Crippen LogP contribution < -0.4 is 0 Å². The Hall–Kier alpha value is -3.08. The molecular weight excluding hydrogens is 350 g/mol. The SMILES string of the molecule is O=C(c1cc(-c2ccc(O)cc2)n[nH]1)N1CCC[C@H](CCc2ccccc2)C1. The Morgan fingerprint density at radius 1 is 1.14 bits per heavy atom. The van der Waals surface area contributed by atoms with Gasteiger partial charge < -0.3 is 10.0 Å². The van der Waals surface area contributed by atoms with Gasteiger partial charge in [-0.25, -0.2) is 0 Å². The first kappa shape index (κ1) is 18.3. The molecule has 2 N–H and O–H groups in total. The molecule has 0 radical (unpaired) electrons. The van der Waals surface area contributed by atoms with E-state index in [9.17, 15) is 9.90 Å². The fourth-order valence-corrected chi connectivity index (χ4v) is 3.88. The lowest BCUT2D eigenvalue weighted by atomic mass is 9.91. The number of rotatable bonds is 5. The molecule has 1 aliphatic rings. The van der Waals surface area contributed by atoms with Gasteiger partial charge in [-0.15, -0.1) is 0 Å². The maximum atomic E-state index is 12.9. The molecule has 4 rings (SSSR count). The molecule has 2 aromatic carbocycles. The average molecular weight is 375 g/mol. The number of benzene rings is 2. The van der Waals surface area contributed by atoms with E-state index in [-0.39, 0.29) is 11.7 Å². The Bertz CT molecular complexity index is 919. The predicted molar refractivity (Wildman–Crippen MR) is 109 cm³/mol. The minimum atomic E-state index is 0.0157. The smallest absolute Gasteiger partial charge is 0.271 e. The van der Waals surface area contributed by atoms with E-state index in [0.717, 1.165) is 37.9 Å². The summed E-state index contributed by atoms with van der Waals surface area (Å²) in [5.74, 6) is 0.768. The van der Waals surface area contributed by atoms with Gasteiger partial charge in [0.05, 0.1) is 5.69 Å². The van der Waals surface area contributed by atoms with Crippen LogP contribution in [0.3, 0.4) is 0 Å². The third-order valence-corrected chi connectivity index (χ3v) is 5.46. The van der Waals surface area contributed by atoms with Crippen molar-refractivity contribution in [2.24, 2.45) is 5.92 Å². The van der Waals surface area contributed by atoms with Crippen LogP contribution in [0.1, 0.15) is 35.3 Å². The minimum absolute atomic E-state index is 0.0157. The van der Waals surface area contributed by atoms with E-state index in [1.807, 2.05) is 11.0 Å². The molecule has 1 aromatic heterocycles. The zero-order valence-electron chi connectivity index (χ0n) is 15.8. The van der Waals surface area contributed by atoms with Crippen LogP contribution in [-0.2, 0) is 6.42 Å². The van der Waals surface area contributed by atoms with Gasteiger partial charge in [0.2, 0.25) is 0 Å². The summed E-state index contributed by atoms with van der Waals surface area (Å²) in [5, 5.41) is 16.6. The highest BCUT2D eigenvalue weighted by Crippen LogP contribution is 2.24. The zero-order chi connectivity index (χ0) is 19.3. The van der Waals surface area contributed by atoms with Crippen molar-refractivity contribution in [3.8, 4) is 17.0 Å². The molecule has 0 bridgehead atoms. The molecule has 3 aromatic rings. The highest BCUT2D eigenvalue weighted by atomic mass is 16.3. The number of phenolic OH excluding ortho intramolecular Hbond substituents is 1. The second-order valence-electron chi connectivity index (χ2n) is 7.50. The Morgan fingerprint density at radius 3 is 2.71 bits per heavy atom. The van der Waals surface area contributed by atoms with E-state index in [1.54, 1.807) is 30.3 Å². The van der Waals surface area contributed by atoms with Gasteiger partial charge in [-0.2, -0.15) is 5.10 Å². The van der Waals surface area contributed by atoms with Crippen molar-refractivity contribution >= 4 is 5.91 Å². The number of piperidine rings is 1. The van der Waals surface area contributed by atoms with Gasteiger partial charge in [-0.3, -0.25) is 9.89 Å². The molecular formula is C23H25N3O2. The van der Waals surface area contributed by atoms with Crippen molar-refractivity contribution in [2.75, 3.05) is 13.1 Å². The monoisotopic (exact) mass is 375 g/mol. The van der Waals surface area contributed by atoms with Crippen molar-refractivity contribution in [3.05, 3.63) is 71.9 Å². The summed E-state index contributed by atoms with van der Waals surface area (Å²) in [5.41, 5.74) is 3.46. The Kier molecular flexibility index (Phi) is 5.42. The van der Waals surface area contributed by atoms with Crippen molar-refractivity contribution in [2.45, 2.75) is 25.7 Å². The van der Waals surface area contributed by atoms with E-state index in [2.05, 4.69) is 34.5 Å². The lowest BCUT2D eigenvalue weighted by Crippen LogP contribution is -2.40. The maximum absolute atomic E-state index is 12.9. The molecule has 0 saturated carbocycles. The maximum Gasteiger partial charge on any atom is 0.271 e. The van der Waals surface area contributed by atoms with Gasteiger partial charge in [-0.05, 0) is 67.5 Å². The summed E-state index contributed by atoms with van der Waals surface area (Å²) >= 11 is 0. The van der Waals surface area contributed by atoms with Gasteiger partial charge in [0, 0.05) is 18.7 Å². The quantitative estimate of drug-likeness (QED) is 0.700. The number of aromatic nitrogens is 2. The second-order valence-corrected chi connectivity index (χ2v) is 7.50. The van der Waals surface area contributed by atoms with Crippen LogP contribution in [0, 0.1) is 5.92 Å². The molecule has 0 aliphatic carbocycles. The Morgan fingerprint density at radius 2 is 1.93 bits per heavy atom. The first-order chi connectivity index (χ1) is 13.7. The van der Waals surface area contributed by atoms with Gasteiger partial charge in [0.1, 0.15) is 11.4 Å². The number of nitrogens with zero attached hydrogens (tertiary/aromatic N) is 2. The number of hydrogen-bond donors (Lipinski definition) is 2. The summed E-state index contributed by atoms with van der Waals surface area (Å²) in [4.78, 5) is 14.9. The van der Waals surface area contributed by atoms with Gasteiger partial charge in [0.15, 0.2) is 0 Å². The number of aromatic amines is 1. The first-order valence-electron chi connectivity index (χ1n) is 9.87. The Balaban J connectivity index is 1.38. The number of hydrogen-bond acceptors (Lipinski definition) is 3. The average Bonchev–Trinajstić information content (AvgIpc) is 3.23. The van der Waals surface area contributed by atoms with E-state index < -0.39 is 0 Å². The molecule has 5 nitrogen and oxygen atoms in total. The lowest BCUT2D eigenvalue weighted by molar-refractivity contribution is 0.0662. The number of phenols is 1. The third-order valence-electron chi connectivity index (χ3n) is 5.46. The standard InChI is InChI=1S/C23H25N3O2/c27-20-12-10-19(11-13-20)21-15-22(25-24-21)23(28)26-14-4-7-18(16-26)9-8-17-5-2-1-3-6-17/h1-3,5-6,10-13,15,18,27H,4,7-9,14,16H2,(H,24,25)/t18-/m1/s1. The summed E-state index contributed by atoms with van der Waals surface area (Å²) in [6, 6.07) is 19.2. The van der Waals surface area contributed by atoms with Crippen LogP contribution in [0.4, 0.5) is 0 Å². The minimum Gasteiger partial charge on any atom is -0.508 e. The second kappa shape index (κ2) is 8.30. The van der Waals surface area contributed by atoms with Crippen molar-refractivity contribution < 1.29 is 9.90 Å². The molecule has 0 spiro atoms. The molecule has 1 saturated heterocycles. The Labute approximate surface area is 165 Å². The molecule has 2 heterocycles. The molecule has 1 atom stereocenters. The highest BCUT2D eigenvalue weighted by Gasteiger charge is 2.25. The van der Waals surface area contributed by atoms with Crippen LogP contribution in [0.2, 0.25) is 0 Å². The van der Waals surface area contributed by atoms with E-state index in [4.69, 9.17) is 0 Å². The molecule has 0 unspecified atom stereocenters. The number of nitrogens with one attached hydrogen (secondary N) is 1. The number of aryl methyl sites for hydroxylation is 1. The summed E-state index contributed by atoms with van der Waals surface area (Å²) in [6.07, 6.45) is 4.39.